The number of carbonyl (C=O) groups excluding carboxylic acids is 3. The van der Waals surface area contributed by atoms with Crippen LogP contribution in [0.2, 0.25) is 0 Å². The standard InChI is InChI=1S/C32H31N5O3/c1-36-17-19-37(20-18-36)29(23-9-4-2-5-10-23)32(40)35-28-15-14-26(34-31(39)25-13-8-16-33-22-25)21-27(28)30(38)24-11-6-3-7-12-24/h2-16,21-22,29H,17-20H2,1H3,(H,34,39)(H,35,40). The first-order chi connectivity index (χ1) is 19.5. The Morgan fingerprint density at radius 3 is 2.12 bits per heavy atom. The van der Waals surface area contributed by atoms with Gasteiger partial charge in [0.25, 0.3) is 5.91 Å². The second-order valence-corrected chi connectivity index (χ2v) is 9.79. The summed E-state index contributed by atoms with van der Waals surface area (Å²) in [7, 11) is 2.07. The Labute approximate surface area is 233 Å². The molecule has 0 spiro atoms. The van der Waals surface area contributed by atoms with Gasteiger partial charge in [0.05, 0.1) is 11.3 Å². The van der Waals surface area contributed by atoms with E-state index in [2.05, 4.69) is 32.5 Å². The van der Waals surface area contributed by atoms with Crippen molar-refractivity contribution in [1.29, 1.82) is 0 Å². The van der Waals surface area contributed by atoms with Crippen LogP contribution in [0, 0.1) is 0 Å². The topological polar surface area (TPSA) is 94.6 Å². The molecule has 8 heteroatoms. The second-order valence-electron chi connectivity index (χ2n) is 9.79. The summed E-state index contributed by atoms with van der Waals surface area (Å²) in [6, 6.07) is 26.3. The maximum atomic E-state index is 13.9. The number of aromatic nitrogens is 1. The first-order valence-electron chi connectivity index (χ1n) is 13.2. The van der Waals surface area contributed by atoms with Crippen LogP contribution in [0.4, 0.5) is 11.4 Å². The molecule has 1 aliphatic rings. The van der Waals surface area contributed by atoms with Crippen LogP contribution in [0.15, 0.2) is 103 Å². The number of hydrogen-bond acceptors (Lipinski definition) is 6. The second kappa shape index (κ2) is 12.5. The third-order valence-electron chi connectivity index (χ3n) is 7.01. The van der Waals surface area contributed by atoms with Crippen molar-refractivity contribution < 1.29 is 14.4 Å². The van der Waals surface area contributed by atoms with Gasteiger partial charge in [0.15, 0.2) is 5.78 Å². The van der Waals surface area contributed by atoms with E-state index in [1.54, 1.807) is 60.8 Å². The Kier molecular flexibility index (Phi) is 8.39. The molecule has 5 rings (SSSR count). The Morgan fingerprint density at radius 1 is 0.775 bits per heavy atom. The minimum absolute atomic E-state index is 0.218. The molecule has 0 bridgehead atoms. The fraction of sp³-hybridized carbons (Fsp3) is 0.188. The summed E-state index contributed by atoms with van der Waals surface area (Å²) in [6.07, 6.45) is 3.07. The number of benzene rings is 3. The summed E-state index contributed by atoms with van der Waals surface area (Å²) < 4.78 is 0. The summed E-state index contributed by atoms with van der Waals surface area (Å²) in [5.41, 5.74) is 2.87. The lowest BCUT2D eigenvalue weighted by Crippen LogP contribution is -2.48. The largest absolute Gasteiger partial charge is 0.324 e. The fourth-order valence-corrected chi connectivity index (χ4v) is 4.81. The zero-order chi connectivity index (χ0) is 27.9. The Morgan fingerprint density at radius 2 is 1.45 bits per heavy atom. The SMILES string of the molecule is CN1CCN(C(C(=O)Nc2ccc(NC(=O)c3cccnc3)cc2C(=O)c2ccccc2)c2ccccc2)CC1. The lowest BCUT2D eigenvalue weighted by molar-refractivity contribution is -0.122. The summed E-state index contributed by atoms with van der Waals surface area (Å²) in [6.45, 7) is 3.22. The normalized spacial score (nSPS) is 14.7. The third kappa shape index (κ3) is 6.31. The maximum absolute atomic E-state index is 13.9. The molecule has 1 fully saturated rings. The van der Waals surface area contributed by atoms with E-state index >= 15 is 0 Å². The lowest BCUT2D eigenvalue weighted by atomic mass is 9.99. The van der Waals surface area contributed by atoms with Gasteiger partial charge in [0, 0.05) is 55.4 Å². The molecule has 2 amide bonds. The average molecular weight is 534 g/mol. The van der Waals surface area contributed by atoms with Crippen molar-refractivity contribution in [2.75, 3.05) is 43.9 Å². The van der Waals surface area contributed by atoms with Gasteiger partial charge >= 0.3 is 0 Å². The average Bonchev–Trinajstić information content (AvgIpc) is 3.00. The molecule has 40 heavy (non-hydrogen) atoms. The molecule has 1 aromatic heterocycles. The van der Waals surface area contributed by atoms with E-state index in [0.29, 0.717) is 22.5 Å². The van der Waals surface area contributed by atoms with Gasteiger partial charge in [-0.1, -0.05) is 60.7 Å². The molecule has 1 unspecified atom stereocenters. The van der Waals surface area contributed by atoms with E-state index in [4.69, 9.17) is 0 Å². The van der Waals surface area contributed by atoms with Gasteiger partial charge in [-0.3, -0.25) is 24.3 Å². The van der Waals surface area contributed by atoms with Gasteiger partial charge in [-0.25, -0.2) is 0 Å². The molecule has 1 aliphatic heterocycles. The van der Waals surface area contributed by atoms with E-state index < -0.39 is 6.04 Å². The molecular formula is C32H31N5O3. The summed E-state index contributed by atoms with van der Waals surface area (Å²) in [5, 5.41) is 5.88. The van der Waals surface area contributed by atoms with Crippen molar-refractivity contribution in [2.45, 2.75) is 6.04 Å². The number of piperazine rings is 1. The van der Waals surface area contributed by atoms with Crippen LogP contribution in [0.25, 0.3) is 0 Å². The summed E-state index contributed by atoms with van der Waals surface area (Å²) in [5.74, 6) is -0.823. The highest BCUT2D eigenvalue weighted by atomic mass is 16.2. The van der Waals surface area contributed by atoms with Crippen molar-refractivity contribution in [3.8, 4) is 0 Å². The van der Waals surface area contributed by atoms with Crippen molar-refractivity contribution >= 4 is 29.0 Å². The highest BCUT2D eigenvalue weighted by molar-refractivity contribution is 6.15. The molecular weight excluding hydrogens is 502 g/mol. The number of ketones is 1. The quantitative estimate of drug-likeness (QED) is 0.324. The Hall–Kier alpha value is -4.66. The Balaban J connectivity index is 1.47. The number of carbonyl (C=O) groups is 3. The van der Waals surface area contributed by atoms with Gasteiger partial charge in [0.1, 0.15) is 6.04 Å². The molecule has 8 nitrogen and oxygen atoms in total. The lowest BCUT2D eigenvalue weighted by Gasteiger charge is -2.37. The molecule has 4 aromatic rings. The van der Waals surface area contributed by atoms with Crippen LogP contribution >= 0.6 is 0 Å². The van der Waals surface area contributed by atoms with Crippen LogP contribution in [-0.4, -0.2) is 65.6 Å². The number of hydrogen-bond donors (Lipinski definition) is 2. The van der Waals surface area contributed by atoms with E-state index in [9.17, 15) is 14.4 Å². The van der Waals surface area contributed by atoms with Crippen molar-refractivity contribution in [3.05, 3.63) is 126 Å². The van der Waals surface area contributed by atoms with Gasteiger partial charge in [-0.15, -0.1) is 0 Å². The predicted octanol–water partition coefficient (Wildman–Crippen LogP) is 4.49. The predicted molar refractivity (Wildman–Crippen MR) is 155 cm³/mol. The minimum Gasteiger partial charge on any atom is -0.324 e. The number of rotatable bonds is 8. The molecule has 0 saturated carbocycles. The number of nitrogens with zero attached hydrogens (tertiary/aromatic N) is 3. The first-order valence-corrected chi connectivity index (χ1v) is 13.2. The molecule has 1 saturated heterocycles. The summed E-state index contributed by atoms with van der Waals surface area (Å²) in [4.78, 5) is 48.7. The van der Waals surface area contributed by atoms with E-state index in [0.717, 1.165) is 31.7 Å². The molecule has 1 atom stereocenters. The third-order valence-corrected chi connectivity index (χ3v) is 7.01. The fourth-order valence-electron chi connectivity index (χ4n) is 4.81. The smallest absolute Gasteiger partial charge is 0.257 e. The highest BCUT2D eigenvalue weighted by Crippen LogP contribution is 2.28. The van der Waals surface area contributed by atoms with Crippen molar-refractivity contribution in [1.82, 2.24) is 14.8 Å². The van der Waals surface area contributed by atoms with Crippen LogP contribution in [0.5, 0.6) is 0 Å². The highest BCUT2D eigenvalue weighted by Gasteiger charge is 2.30. The van der Waals surface area contributed by atoms with Gasteiger partial charge in [0.2, 0.25) is 5.91 Å². The molecule has 2 heterocycles. The molecule has 0 radical (unpaired) electrons. The molecule has 3 aromatic carbocycles. The monoisotopic (exact) mass is 533 g/mol. The van der Waals surface area contributed by atoms with Gasteiger partial charge in [-0.2, -0.15) is 0 Å². The van der Waals surface area contributed by atoms with Gasteiger partial charge in [-0.05, 0) is 42.9 Å². The van der Waals surface area contributed by atoms with E-state index in [1.807, 2.05) is 36.4 Å². The van der Waals surface area contributed by atoms with Crippen molar-refractivity contribution in [2.24, 2.45) is 0 Å². The minimum atomic E-state index is -0.514. The number of anilines is 2. The zero-order valence-corrected chi connectivity index (χ0v) is 22.3. The zero-order valence-electron chi connectivity index (χ0n) is 22.3. The van der Waals surface area contributed by atoms with Crippen LogP contribution in [0.1, 0.15) is 37.9 Å². The summed E-state index contributed by atoms with van der Waals surface area (Å²) >= 11 is 0. The molecule has 202 valence electrons. The molecule has 0 aliphatic carbocycles. The first kappa shape index (κ1) is 26.9. The number of nitrogens with one attached hydrogen (secondary N) is 2. The number of amides is 2. The van der Waals surface area contributed by atoms with E-state index in [1.165, 1.54) is 6.20 Å². The Bertz CT molecular complexity index is 1470. The molecule has 2 N–H and O–H groups in total. The van der Waals surface area contributed by atoms with Crippen molar-refractivity contribution in [3.63, 3.8) is 0 Å². The number of likely N-dealkylation sites (N-methyl/N-ethyl adjacent to an activating group) is 1. The van der Waals surface area contributed by atoms with Gasteiger partial charge < -0.3 is 15.5 Å². The van der Waals surface area contributed by atoms with Crippen LogP contribution in [-0.2, 0) is 4.79 Å². The number of pyridine rings is 1. The maximum Gasteiger partial charge on any atom is 0.257 e. The van der Waals surface area contributed by atoms with Crippen LogP contribution < -0.4 is 10.6 Å². The van der Waals surface area contributed by atoms with Crippen LogP contribution in [0.3, 0.4) is 0 Å². The van der Waals surface area contributed by atoms with E-state index in [-0.39, 0.29) is 23.2 Å².